The van der Waals surface area contributed by atoms with E-state index in [0.717, 1.165) is 24.8 Å². The summed E-state index contributed by atoms with van der Waals surface area (Å²) in [6.45, 7) is 1.85. The Morgan fingerprint density at radius 3 is 2.29 bits per heavy atom. The van der Waals surface area contributed by atoms with Crippen molar-refractivity contribution in [2.24, 2.45) is 5.73 Å². The van der Waals surface area contributed by atoms with Crippen LogP contribution in [-0.4, -0.2) is 19.6 Å². The summed E-state index contributed by atoms with van der Waals surface area (Å²) < 4.78 is 26.6. The number of rotatable bonds is 4. The zero-order valence-corrected chi connectivity index (χ0v) is 13.0. The van der Waals surface area contributed by atoms with Gasteiger partial charge in [-0.25, -0.2) is 13.1 Å². The number of hydrogen-bond donors (Lipinski definition) is 2. The van der Waals surface area contributed by atoms with Gasteiger partial charge in [-0.15, -0.1) is 0 Å². The van der Waals surface area contributed by atoms with Crippen LogP contribution >= 0.6 is 0 Å². The van der Waals surface area contributed by atoms with Crippen LogP contribution in [-0.2, 0) is 10.0 Å². The molecular weight excluding hydrogens is 288 g/mol. The van der Waals surface area contributed by atoms with E-state index in [9.17, 15) is 13.2 Å². The molecule has 1 aromatic carbocycles. The number of nitrogens with one attached hydrogen (secondary N) is 1. The van der Waals surface area contributed by atoms with E-state index in [0.29, 0.717) is 18.4 Å². The number of hydrogen-bond acceptors (Lipinski definition) is 4. The molecule has 0 spiro atoms. The maximum atomic E-state index is 12.2. The van der Waals surface area contributed by atoms with Crippen molar-refractivity contribution in [1.29, 1.82) is 0 Å². The van der Waals surface area contributed by atoms with Crippen molar-refractivity contribution in [3.8, 4) is 0 Å². The van der Waals surface area contributed by atoms with Crippen molar-refractivity contribution in [3.63, 3.8) is 0 Å². The van der Waals surface area contributed by atoms with Crippen molar-refractivity contribution in [2.45, 2.75) is 50.3 Å². The van der Waals surface area contributed by atoms with Gasteiger partial charge in [0, 0.05) is 11.6 Å². The number of carbonyl (C=O) groups excluding carboxylic acids is 1. The molecule has 1 fully saturated rings. The molecule has 0 heterocycles. The Balaban J connectivity index is 2.06. The highest BCUT2D eigenvalue weighted by atomic mass is 32.2. The van der Waals surface area contributed by atoms with Crippen LogP contribution < -0.4 is 10.5 Å². The maximum absolute atomic E-state index is 12.2. The van der Waals surface area contributed by atoms with Gasteiger partial charge in [0.05, 0.1) is 5.25 Å². The highest BCUT2D eigenvalue weighted by Crippen LogP contribution is 2.23. The van der Waals surface area contributed by atoms with Crippen molar-refractivity contribution in [2.75, 3.05) is 0 Å². The first kappa shape index (κ1) is 16.0. The van der Waals surface area contributed by atoms with Crippen molar-refractivity contribution >= 4 is 15.9 Å². The third kappa shape index (κ3) is 4.04. The van der Waals surface area contributed by atoms with Crippen LogP contribution in [0.15, 0.2) is 24.3 Å². The van der Waals surface area contributed by atoms with Crippen LogP contribution in [0.5, 0.6) is 0 Å². The standard InChI is InChI=1S/C15H22N2O3S/c1-11(16)12-7-9-13(10-8-12)15(18)17-21(19,20)14-5-3-2-4-6-14/h7-11,14H,2-6,16H2,1H3,(H,17,18). The van der Waals surface area contributed by atoms with Crippen molar-refractivity contribution < 1.29 is 13.2 Å². The minimum absolute atomic E-state index is 0.118. The molecule has 0 radical (unpaired) electrons. The fourth-order valence-corrected chi connectivity index (χ4v) is 4.08. The second-order valence-electron chi connectivity index (χ2n) is 5.65. The van der Waals surface area contributed by atoms with E-state index in [-0.39, 0.29) is 6.04 Å². The summed E-state index contributed by atoms with van der Waals surface area (Å²) in [5, 5.41) is -0.446. The fraction of sp³-hybridized carbons (Fsp3) is 0.533. The van der Waals surface area contributed by atoms with Gasteiger partial charge in [-0.3, -0.25) is 4.79 Å². The topological polar surface area (TPSA) is 89.3 Å². The largest absolute Gasteiger partial charge is 0.324 e. The third-order valence-corrected chi connectivity index (χ3v) is 5.74. The van der Waals surface area contributed by atoms with Gasteiger partial charge in [0.1, 0.15) is 0 Å². The molecule has 1 atom stereocenters. The van der Waals surface area contributed by atoms with Crippen molar-refractivity contribution in [1.82, 2.24) is 4.72 Å². The molecule has 0 bridgehead atoms. The monoisotopic (exact) mass is 310 g/mol. The summed E-state index contributed by atoms with van der Waals surface area (Å²) in [5.74, 6) is -0.572. The lowest BCUT2D eigenvalue weighted by Crippen LogP contribution is -2.39. The lowest BCUT2D eigenvalue weighted by molar-refractivity contribution is 0.0981. The Morgan fingerprint density at radius 2 is 1.76 bits per heavy atom. The van der Waals surface area contributed by atoms with Crippen LogP contribution in [0.25, 0.3) is 0 Å². The van der Waals surface area contributed by atoms with Crippen LogP contribution in [0.3, 0.4) is 0 Å². The van der Waals surface area contributed by atoms with E-state index in [2.05, 4.69) is 4.72 Å². The number of benzene rings is 1. The van der Waals surface area contributed by atoms with E-state index >= 15 is 0 Å². The quantitative estimate of drug-likeness (QED) is 0.891. The zero-order chi connectivity index (χ0) is 15.5. The normalized spacial score (nSPS) is 18.2. The first-order chi connectivity index (χ1) is 9.90. The highest BCUT2D eigenvalue weighted by molar-refractivity contribution is 7.90. The molecule has 1 aliphatic carbocycles. The molecule has 6 heteroatoms. The second kappa shape index (κ2) is 6.58. The molecule has 1 amide bonds. The van der Waals surface area contributed by atoms with E-state index in [1.165, 1.54) is 0 Å². The summed E-state index contributed by atoms with van der Waals surface area (Å²) in [6.07, 6.45) is 4.14. The highest BCUT2D eigenvalue weighted by Gasteiger charge is 2.28. The first-order valence-corrected chi connectivity index (χ1v) is 8.86. The van der Waals surface area contributed by atoms with Crippen LogP contribution in [0.2, 0.25) is 0 Å². The SMILES string of the molecule is CC(N)c1ccc(C(=O)NS(=O)(=O)C2CCCCC2)cc1. The van der Waals surface area contributed by atoms with Gasteiger partial charge >= 0.3 is 0 Å². The van der Waals surface area contributed by atoms with Crippen LogP contribution in [0, 0.1) is 0 Å². The first-order valence-electron chi connectivity index (χ1n) is 7.31. The van der Waals surface area contributed by atoms with Gasteiger partial charge in [0.15, 0.2) is 0 Å². The summed E-state index contributed by atoms with van der Waals surface area (Å²) in [5.41, 5.74) is 6.98. The van der Waals surface area contributed by atoms with Gasteiger partial charge < -0.3 is 5.73 Å². The van der Waals surface area contributed by atoms with E-state index in [4.69, 9.17) is 5.73 Å². The number of amides is 1. The van der Waals surface area contributed by atoms with Crippen molar-refractivity contribution in [3.05, 3.63) is 35.4 Å². The lowest BCUT2D eigenvalue weighted by Gasteiger charge is -2.21. The third-order valence-electron chi connectivity index (χ3n) is 3.92. The molecule has 1 aliphatic rings. The van der Waals surface area contributed by atoms with E-state index < -0.39 is 21.2 Å². The van der Waals surface area contributed by atoms with E-state index in [1.54, 1.807) is 24.3 Å². The van der Waals surface area contributed by atoms with Gasteiger partial charge in [-0.2, -0.15) is 0 Å². The fourth-order valence-electron chi connectivity index (χ4n) is 2.58. The number of carbonyl (C=O) groups is 1. The Kier molecular flexibility index (Phi) is 5.00. The molecule has 2 rings (SSSR count). The van der Waals surface area contributed by atoms with Crippen LogP contribution in [0.1, 0.15) is 61.0 Å². The summed E-state index contributed by atoms with van der Waals surface area (Å²) in [4.78, 5) is 12.1. The minimum atomic E-state index is -3.58. The molecule has 1 saturated carbocycles. The van der Waals surface area contributed by atoms with Gasteiger partial charge in [0.25, 0.3) is 5.91 Å². The second-order valence-corrected chi connectivity index (χ2v) is 7.61. The predicted octanol–water partition coefficient (Wildman–Crippen LogP) is 2.10. The predicted molar refractivity (Wildman–Crippen MR) is 82.3 cm³/mol. The molecule has 1 aromatic rings. The molecule has 1 unspecified atom stereocenters. The molecule has 5 nitrogen and oxygen atoms in total. The molecular formula is C15H22N2O3S. The minimum Gasteiger partial charge on any atom is -0.324 e. The Labute approximate surface area is 126 Å². The van der Waals surface area contributed by atoms with Gasteiger partial charge in [0.2, 0.25) is 10.0 Å². The summed E-state index contributed by atoms with van der Waals surface area (Å²) in [6, 6.07) is 6.57. The summed E-state index contributed by atoms with van der Waals surface area (Å²) in [7, 11) is -3.58. The average molecular weight is 310 g/mol. The Hall–Kier alpha value is -1.40. The molecule has 116 valence electrons. The molecule has 0 aromatic heterocycles. The van der Waals surface area contributed by atoms with E-state index in [1.807, 2.05) is 6.92 Å². The molecule has 21 heavy (non-hydrogen) atoms. The molecule has 0 saturated heterocycles. The van der Waals surface area contributed by atoms with Gasteiger partial charge in [-0.1, -0.05) is 31.4 Å². The maximum Gasteiger partial charge on any atom is 0.264 e. The Morgan fingerprint density at radius 1 is 1.19 bits per heavy atom. The lowest BCUT2D eigenvalue weighted by atomic mass is 10.0. The Bertz CT molecular complexity index is 588. The number of nitrogens with two attached hydrogens (primary N) is 1. The van der Waals surface area contributed by atoms with Crippen LogP contribution in [0.4, 0.5) is 0 Å². The molecule has 3 N–H and O–H groups in total. The summed E-state index contributed by atoms with van der Waals surface area (Å²) >= 11 is 0. The number of sulfonamides is 1. The molecule has 0 aliphatic heterocycles. The average Bonchev–Trinajstić information content (AvgIpc) is 2.48. The van der Waals surface area contributed by atoms with Gasteiger partial charge in [-0.05, 0) is 37.5 Å². The zero-order valence-electron chi connectivity index (χ0n) is 12.2. The smallest absolute Gasteiger partial charge is 0.264 e.